The van der Waals surface area contributed by atoms with E-state index < -0.39 is 6.10 Å². The lowest BCUT2D eigenvalue weighted by molar-refractivity contribution is -0.128. The average Bonchev–Trinajstić information content (AvgIpc) is 2.55. The van der Waals surface area contributed by atoms with Gasteiger partial charge < -0.3 is 14.8 Å². The van der Waals surface area contributed by atoms with E-state index in [1.165, 1.54) is 0 Å². The summed E-state index contributed by atoms with van der Waals surface area (Å²) in [5.41, 5.74) is 0. The Balaban J connectivity index is 1.79. The number of carbonyl (C=O) groups is 1. The summed E-state index contributed by atoms with van der Waals surface area (Å²) in [7, 11) is 0. The first kappa shape index (κ1) is 20.5. The Morgan fingerprint density at radius 2 is 2.24 bits per heavy atom. The number of halogens is 2. The molecule has 0 spiro atoms. The zero-order chi connectivity index (χ0) is 18.4. The fourth-order valence-corrected chi connectivity index (χ4v) is 3.54. The fraction of sp³-hybridized carbons (Fsp3) is 0.611. The van der Waals surface area contributed by atoms with E-state index in [9.17, 15) is 4.79 Å². The smallest absolute Gasteiger partial charge is 0.260 e. The summed E-state index contributed by atoms with van der Waals surface area (Å²) in [4.78, 5) is 14.7. The maximum absolute atomic E-state index is 12.3. The predicted molar refractivity (Wildman–Crippen MR) is 103 cm³/mol. The molecule has 140 valence electrons. The van der Waals surface area contributed by atoms with Gasteiger partial charge in [-0.1, -0.05) is 25.4 Å². The van der Waals surface area contributed by atoms with E-state index in [0.29, 0.717) is 29.8 Å². The third-order valence-corrected chi connectivity index (χ3v) is 4.77. The van der Waals surface area contributed by atoms with Crippen molar-refractivity contribution in [2.24, 2.45) is 5.92 Å². The summed E-state index contributed by atoms with van der Waals surface area (Å²) in [5, 5.41) is 3.53. The van der Waals surface area contributed by atoms with Crippen LogP contribution in [0.4, 0.5) is 0 Å². The van der Waals surface area contributed by atoms with Gasteiger partial charge in [-0.15, -0.1) is 0 Å². The first-order chi connectivity index (χ1) is 11.8. The molecule has 1 heterocycles. The molecule has 1 saturated heterocycles. The van der Waals surface area contributed by atoms with Crippen LogP contribution in [0.5, 0.6) is 5.75 Å². The number of amides is 1. The Morgan fingerprint density at radius 3 is 2.92 bits per heavy atom. The quantitative estimate of drug-likeness (QED) is 0.716. The molecule has 1 fully saturated rings. The molecule has 1 aromatic rings. The number of nitrogens with zero attached hydrogens (tertiary/aromatic N) is 1. The Morgan fingerprint density at radius 1 is 1.48 bits per heavy atom. The number of ether oxygens (including phenoxy) is 2. The number of morpholine rings is 1. The van der Waals surface area contributed by atoms with Gasteiger partial charge in [0.25, 0.3) is 5.91 Å². The van der Waals surface area contributed by atoms with Crippen LogP contribution < -0.4 is 10.1 Å². The van der Waals surface area contributed by atoms with Crippen LogP contribution in [0.3, 0.4) is 0 Å². The second kappa shape index (κ2) is 9.76. The molecule has 2 rings (SSSR count). The van der Waals surface area contributed by atoms with Crippen LogP contribution in [0, 0.1) is 5.92 Å². The average molecular weight is 434 g/mol. The van der Waals surface area contributed by atoms with E-state index in [1.807, 2.05) is 0 Å². The van der Waals surface area contributed by atoms with Crippen molar-refractivity contribution in [2.45, 2.75) is 33.0 Å². The normalized spacial score (nSPS) is 19.7. The van der Waals surface area contributed by atoms with Crippen molar-refractivity contribution in [1.29, 1.82) is 0 Å². The van der Waals surface area contributed by atoms with Crippen LogP contribution in [0.15, 0.2) is 22.7 Å². The van der Waals surface area contributed by atoms with Gasteiger partial charge in [0.05, 0.1) is 17.2 Å². The third-order valence-electron chi connectivity index (χ3n) is 3.92. The lowest BCUT2D eigenvalue weighted by Gasteiger charge is -2.34. The van der Waals surface area contributed by atoms with Gasteiger partial charge in [0.15, 0.2) is 6.10 Å². The van der Waals surface area contributed by atoms with Crippen molar-refractivity contribution in [2.75, 3.05) is 32.8 Å². The minimum absolute atomic E-state index is 0.0194. The van der Waals surface area contributed by atoms with E-state index >= 15 is 0 Å². The fourth-order valence-electron chi connectivity index (χ4n) is 2.76. The van der Waals surface area contributed by atoms with Crippen LogP contribution >= 0.6 is 27.5 Å². The standard InChI is InChI=1S/C18H26BrClN2O3/c1-12(2)10-22-6-7-24-15(11-22)9-21-18(23)13(3)25-17-5-4-14(20)8-16(17)19/h4-5,8,12-13,15H,6-7,9-11H2,1-3H3,(H,21,23). The highest BCUT2D eigenvalue weighted by Crippen LogP contribution is 2.28. The first-order valence-corrected chi connectivity index (χ1v) is 9.75. The lowest BCUT2D eigenvalue weighted by Crippen LogP contribution is -2.49. The lowest BCUT2D eigenvalue weighted by atomic mass is 10.2. The van der Waals surface area contributed by atoms with Crippen LogP contribution in [0.1, 0.15) is 20.8 Å². The van der Waals surface area contributed by atoms with Gasteiger partial charge in [0.1, 0.15) is 5.75 Å². The third kappa shape index (κ3) is 6.77. The van der Waals surface area contributed by atoms with Crippen LogP contribution in [-0.2, 0) is 9.53 Å². The molecule has 1 aromatic carbocycles. The molecule has 1 N–H and O–H groups in total. The van der Waals surface area contributed by atoms with Crippen molar-refractivity contribution >= 4 is 33.4 Å². The maximum atomic E-state index is 12.3. The number of rotatable bonds is 7. The SMILES string of the molecule is CC(C)CN1CCOC(CNC(=O)C(C)Oc2ccc(Cl)cc2Br)C1. The molecule has 1 amide bonds. The summed E-state index contributed by atoms with van der Waals surface area (Å²) in [6.45, 7) is 10.2. The van der Waals surface area contributed by atoms with E-state index in [-0.39, 0.29) is 12.0 Å². The van der Waals surface area contributed by atoms with Crippen molar-refractivity contribution in [3.63, 3.8) is 0 Å². The summed E-state index contributed by atoms with van der Waals surface area (Å²) < 4.78 is 12.2. The van der Waals surface area contributed by atoms with Gasteiger partial charge in [0, 0.05) is 31.2 Å². The molecule has 5 nitrogen and oxygen atoms in total. The van der Waals surface area contributed by atoms with Crippen molar-refractivity contribution in [3.8, 4) is 5.75 Å². The van der Waals surface area contributed by atoms with Gasteiger partial charge >= 0.3 is 0 Å². The minimum Gasteiger partial charge on any atom is -0.480 e. The molecule has 0 radical (unpaired) electrons. The molecule has 2 unspecified atom stereocenters. The van der Waals surface area contributed by atoms with Crippen LogP contribution in [0.2, 0.25) is 5.02 Å². The zero-order valence-corrected chi connectivity index (χ0v) is 17.3. The van der Waals surface area contributed by atoms with Gasteiger partial charge in [-0.3, -0.25) is 9.69 Å². The van der Waals surface area contributed by atoms with Gasteiger partial charge in [-0.2, -0.15) is 0 Å². The summed E-state index contributed by atoms with van der Waals surface area (Å²) in [5.74, 6) is 1.05. The zero-order valence-electron chi connectivity index (χ0n) is 14.9. The van der Waals surface area contributed by atoms with Crippen molar-refractivity contribution < 1.29 is 14.3 Å². The number of benzene rings is 1. The molecule has 0 saturated carbocycles. The first-order valence-electron chi connectivity index (χ1n) is 8.58. The van der Waals surface area contributed by atoms with E-state index in [4.69, 9.17) is 21.1 Å². The highest BCUT2D eigenvalue weighted by molar-refractivity contribution is 9.10. The highest BCUT2D eigenvalue weighted by Gasteiger charge is 2.23. The molecule has 0 bridgehead atoms. The summed E-state index contributed by atoms with van der Waals surface area (Å²) in [6.07, 6.45) is -0.584. The predicted octanol–water partition coefficient (Wildman–Crippen LogP) is 3.34. The molecule has 0 aromatic heterocycles. The van der Waals surface area contributed by atoms with E-state index in [0.717, 1.165) is 24.1 Å². The molecular weight excluding hydrogens is 408 g/mol. The Kier molecular flexibility index (Phi) is 8.00. The van der Waals surface area contributed by atoms with Gasteiger partial charge in [-0.25, -0.2) is 0 Å². The number of carbonyl (C=O) groups excluding carboxylic acids is 1. The minimum atomic E-state index is -0.604. The maximum Gasteiger partial charge on any atom is 0.260 e. The van der Waals surface area contributed by atoms with E-state index in [2.05, 4.69) is 40.0 Å². The number of hydrogen-bond acceptors (Lipinski definition) is 4. The monoisotopic (exact) mass is 432 g/mol. The largest absolute Gasteiger partial charge is 0.480 e. The van der Waals surface area contributed by atoms with Crippen molar-refractivity contribution in [1.82, 2.24) is 10.2 Å². The Hall–Kier alpha value is -0.820. The van der Waals surface area contributed by atoms with Crippen LogP contribution in [0.25, 0.3) is 0 Å². The van der Waals surface area contributed by atoms with Crippen molar-refractivity contribution in [3.05, 3.63) is 27.7 Å². The molecule has 1 aliphatic rings. The molecular formula is C18H26BrClN2O3. The Labute approximate surface area is 163 Å². The van der Waals surface area contributed by atoms with E-state index in [1.54, 1.807) is 25.1 Å². The van der Waals surface area contributed by atoms with Gasteiger partial charge in [-0.05, 0) is 47.0 Å². The second-order valence-corrected chi connectivity index (χ2v) is 8.02. The number of nitrogens with one attached hydrogen (secondary N) is 1. The highest BCUT2D eigenvalue weighted by atomic mass is 79.9. The molecule has 25 heavy (non-hydrogen) atoms. The summed E-state index contributed by atoms with van der Waals surface area (Å²) in [6, 6.07) is 5.20. The molecule has 0 aliphatic carbocycles. The Bertz CT molecular complexity index is 585. The molecule has 2 atom stereocenters. The topological polar surface area (TPSA) is 50.8 Å². The van der Waals surface area contributed by atoms with Gasteiger partial charge in [0.2, 0.25) is 0 Å². The number of hydrogen-bond donors (Lipinski definition) is 1. The van der Waals surface area contributed by atoms with Crippen LogP contribution in [-0.4, -0.2) is 55.8 Å². The molecule has 1 aliphatic heterocycles. The second-order valence-electron chi connectivity index (χ2n) is 6.73. The summed E-state index contributed by atoms with van der Waals surface area (Å²) >= 11 is 9.30. The molecule has 7 heteroatoms.